The number of carbonyl (C=O) groups excluding carboxylic acids is 4. The molecule has 3 aliphatic heterocycles. The molecule has 3 fully saturated rings. The maximum atomic E-state index is 14.9. The summed E-state index contributed by atoms with van der Waals surface area (Å²) in [5.41, 5.74) is 1.31. The first-order chi connectivity index (χ1) is 25.2. The van der Waals surface area contributed by atoms with E-state index in [0.29, 0.717) is 50.8 Å². The number of allylic oxidation sites excluding steroid dienone is 1. The zero-order chi connectivity index (χ0) is 37.3. The Balaban J connectivity index is 1.45. The Bertz CT molecular complexity index is 1560. The molecule has 3 aliphatic rings. The number of hydrogen-bond donors (Lipinski definition) is 2. The summed E-state index contributed by atoms with van der Waals surface area (Å²) in [6.07, 6.45) is 6.28. The van der Waals surface area contributed by atoms with Gasteiger partial charge in [-0.2, -0.15) is 0 Å². The fourth-order valence-corrected chi connectivity index (χ4v) is 8.22. The molecule has 3 amide bonds. The summed E-state index contributed by atoms with van der Waals surface area (Å²) < 4.78 is 12.3. The Kier molecular flexibility index (Phi) is 13.3. The second-order valence-electron chi connectivity index (χ2n) is 13.8. The van der Waals surface area contributed by atoms with Gasteiger partial charge in [-0.1, -0.05) is 42.5 Å². The molecule has 2 aromatic carbocycles. The number of hydrogen-bond acceptors (Lipinski definition) is 8. The van der Waals surface area contributed by atoms with Crippen molar-refractivity contribution in [3.8, 4) is 0 Å². The number of carbonyl (C=O) groups is 4. The number of nitrogens with zero attached hydrogens (tertiary/aromatic N) is 3. The lowest BCUT2D eigenvalue weighted by atomic mass is 9.70. The van der Waals surface area contributed by atoms with Gasteiger partial charge in [-0.3, -0.25) is 19.2 Å². The molecule has 1 spiro atoms. The Labute approximate surface area is 307 Å². The molecule has 2 aromatic rings. The lowest BCUT2D eigenvalue weighted by Crippen LogP contribution is -2.56. The molecule has 2 bridgehead atoms. The fraction of sp³-hybridized carbons (Fsp3) is 0.512. The van der Waals surface area contributed by atoms with Crippen LogP contribution in [0.15, 0.2) is 79.9 Å². The van der Waals surface area contributed by atoms with E-state index >= 15 is 0 Å². The number of amides is 3. The molecular formula is C41H54N4O7. The summed E-state index contributed by atoms with van der Waals surface area (Å²) in [6, 6.07) is 15.5. The van der Waals surface area contributed by atoms with Gasteiger partial charge in [0.1, 0.15) is 18.2 Å². The maximum Gasteiger partial charge on any atom is 0.306 e. The van der Waals surface area contributed by atoms with Crippen LogP contribution in [0.25, 0.3) is 0 Å². The molecule has 6 atom stereocenters. The molecule has 0 aromatic heterocycles. The molecule has 11 nitrogen and oxygen atoms in total. The van der Waals surface area contributed by atoms with E-state index in [1.807, 2.05) is 54.6 Å². The number of aliphatic hydroxyl groups excluding tert-OH is 1. The van der Waals surface area contributed by atoms with Gasteiger partial charge in [0.2, 0.25) is 11.8 Å². The van der Waals surface area contributed by atoms with Gasteiger partial charge in [-0.15, -0.1) is 13.2 Å². The minimum Gasteiger partial charge on any atom is -0.463 e. The summed E-state index contributed by atoms with van der Waals surface area (Å²) >= 11 is 0. The highest BCUT2D eigenvalue weighted by atomic mass is 16.5. The molecule has 11 heteroatoms. The van der Waals surface area contributed by atoms with Crippen molar-refractivity contribution in [2.24, 2.45) is 11.8 Å². The van der Waals surface area contributed by atoms with Crippen LogP contribution in [-0.2, 0) is 28.7 Å². The Morgan fingerprint density at radius 3 is 2.40 bits per heavy atom. The van der Waals surface area contributed by atoms with E-state index in [-0.39, 0.29) is 43.9 Å². The van der Waals surface area contributed by atoms with Crippen LogP contribution in [0.2, 0.25) is 0 Å². The van der Waals surface area contributed by atoms with Crippen LogP contribution in [0.3, 0.4) is 0 Å². The number of ether oxygens (including phenoxy) is 2. The number of likely N-dealkylation sites (tertiary alicyclic amines) is 1. The average molecular weight is 715 g/mol. The molecular weight excluding hydrogens is 660 g/mol. The summed E-state index contributed by atoms with van der Waals surface area (Å²) in [4.78, 5) is 61.7. The molecule has 2 N–H and O–H groups in total. The summed E-state index contributed by atoms with van der Waals surface area (Å²) in [7, 11) is 0. The number of aliphatic hydroxyl groups is 1. The van der Waals surface area contributed by atoms with Gasteiger partial charge in [0.25, 0.3) is 5.91 Å². The first-order valence-electron chi connectivity index (χ1n) is 18.7. The average Bonchev–Trinajstić information content (AvgIpc) is 3.81. The van der Waals surface area contributed by atoms with Gasteiger partial charge in [0.15, 0.2) is 0 Å². The van der Waals surface area contributed by atoms with E-state index in [1.54, 1.807) is 22.0 Å². The summed E-state index contributed by atoms with van der Waals surface area (Å²) in [6.45, 7) is 14.0. The zero-order valence-corrected chi connectivity index (χ0v) is 30.6. The van der Waals surface area contributed by atoms with Crippen LogP contribution >= 0.6 is 0 Å². The van der Waals surface area contributed by atoms with Crippen molar-refractivity contribution in [1.82, 2.24) is 10.2 Å². The highest BCUT2D eigenvalue weighted by Gasteiger charge is 2.74. The van der Waals surface area contributed by atoms with E-state index in [4.69, 9.17) is 9.47 Å². The van der Waals surface area contributed by atoms with Crippen molar-refractivity contribution in [2.45, 2.75) is 82.6 Å². The van der Waals surface area contributed by atoms with Gasteiger partial charge < -0.3 is 34.6 Å². The molecule has 280 valence electrons. The minimum absolute atomic E-state index is 0.0403. The monoisotopic (exact) mass is 714 g/mol. The van der Waals surface area contributed by atoms with E-state index in [9.17, 15) is 24.3 Å². The number of unbranched alkanes of at least 4 members (excludes halogenated alkanes) is 2. The fourth-order valence-electron chi connectivity index (χ4n) is 8.22. The predicted molar refractivity (Wildman–Crippen MR) is 201 cm³/mol. The molecule has 5 rings (SSSR count). The third-order valence-electron chi connectivity index (χ3n) is 10.7. The molecule has 0 unspecified atom stereocenters. The lowest BCUT2D eigenvalue weighted by Gasteiger charge is -2.37. The molecule has 0 saturated carbocycles. The van der Waals surface area contributed by atoms with Gasteiger partial charge in [-0.05, 0) is 82.2 Å². The lowest BCUT2D eigenvalue weighted by molar-refractivity contribution is -0.146. The molecule has 52 heavy (non-hydrogen) atoms. The van der Waals surface area contributed by atoms with Gasteiger partial charge in [-0.25, -0.2) is 0 Å². The van der Waals surface area contributed by atoms with Crippen LogP contribution in [0, 0.1) is 11.8 Å². The van der Waals surface area contributed by atoms with Crippen molar-refractivity contribution in [1.29, 1.82) is 0 Å². The quantitative estimate of drug-likeness (QED) is 0.112. The summed E-state index contributed by atoms with van der Waals surface area (Å²) in [5.74, 6) is -3.00. The van der Waals surface area contributed by atoms with Crippen molar-refractivity contribution in [3.05, 3.63) is 85.5 Å². The predicted octanol–water partition coefficient (Wildman–Crippen LogP) is 4.96. The van der Waals surface area contributed by atoms with Gasteiger partial charge in [0.05, 0.1) is 24.0 Å². The van der Waals surface area contributed by atoms with Crippen LogP contribution in [-0.4, -0.2) is 90.8 Å². The van der Waals surface area contributed by atoms with Crippen LogP contribution in [0.5, 0.6) is 0 Å². The zero-order valence-electron chi connectivity index (χ0n) is 30.6. The van der Waals surface area contributed by atoms with Gasteiger partial charge in [0, 0.05) is 50.6 Å². The van der Waals surface area contributed by atoms with E-state index < -0.39 is 41.6 Å². The van der Waals surface area contributed by atoms with E-state index in [2.05, 4.69) is 37.2 Å². The standard InChI is InChI=1S/C41H54N4O7/c1-5-9-18-34(47)51-28-32(29-16-12-10-13-17-29)42-38(48)35-33-23-24-41(52-33)36(35)39(49)45(26-14-11-15-27-46)37(41)40(50)44(25-6-2)31-21-19-30(20-22-31)43(7-3)8-4/h5-6,10,12-13,16-17,19-22,32-33,35-37,46H,1-2,7-9,11,14-15,18,23-28H2,3-4H3,(H,42,48)/t32-,33-,35+,36+,37-,41+/m0/s1. The molecule has 0 radical (unpaired) electrons. The number of fused-ring (bicyclic) bond motifs is 1. The van der Waals surface area contributed by atoms with Gasteiger partial charge >= 0.3 is 5.97 Å². The molecule has 0 aliphatic carbocycles. The number of anilines is 2. The van der Waals surface area contributed by atoms with Crippen LogP contribution in [0.4, 0.5) is 11.4 Å². The second-order valence-corrected chi connectivity index (χ2v) is 13.8. The number of esters is 1. The first kappa shape index (κ1) is 38.7. The van der Waals surface area contributed by atoms with Crippen molar-refractivity contribution in [3.63, 3.8) is 0 Å². The Morgan fingerprint density at radius 2 is 1.75 bits per heavy atom. The van der Waals surface area contributed by atoms with Crippen molar-refractivity contribution in [2.75, 3.05) is 49.2 Å². The van der Waals surface area contributed by atoms with Crippen molar-refractivity contribution < 1.29 is 33.8 Å². The smallest absolute Gasteiger partial charge is 0.306 e. The highest BCUT2D eigenvalue weighted by Crippen LogP contribution is 2.58. The molecule has 3 heterocycles. The summed E-state index contributed by atoms with van der Waals surface area (Å²) in [5, 5.41) is 12.5. The van der Waals surface area contributed by atoms with Crippen molar-refractivity contribution >= 4 is 35.1 Å². The first-order valence-corrected chi connectivity index (χ1v) is 18.7. The number of rotatable bonds is 20. The van der Waals surface area contributed by atoms with E-state index in [1.165, 1.54) is 0 Å². The third kappa shape index (κ3) is 7.95. The SMILES string of the molecule is C=CCCC(=O)OC[C@H](NC(=O)[C@@H]1[C@@H]2CC[C@]3(O2)[C@H](C(=O)N(CC=C)c2ccc(N(CC)CC)cc2)N(CCCCCO)C(=O)[C@@H]13)c1ccccc1. The largest absolute Gasteiger partial charge is 0.463 e. The third-order valence-corrected chi connectivity index (χ3v) is 10.7. The minimum atomic E-state index is -1.18. The normalized spacial score (nSPS) is 23.5. The van der Waals surface area contributed by atoms with E-state index in [0.717, 1.165) is 24.3 Å². The highest BCUT2D eigenvalue weighted by molar-refractivity contribution is 6.05. The Morgan fingerprint density at radius 1 is 1.04 bits per heavy atom. The topological polar surface area (TPSA) is 129 Å². The Hall–Kier alpha value is -4.48. The van der Waals surface area contributed by atoms with Crippen LogP contribution < -0.4 is 15.1 Å². The second kappa shape index (κ2) is 17.8. The number of nitrogens with one attached hydrogen (secondary N) is 1. The number of benzene rings is 2. The van der Waals surface area contributed by atoms with Crippen LogP contribution in [0.1, 0.15) is 70.4 Å². The maximum absolute atomic E-state index is 14.9. The molecule has 3 saturated heterocycles.